The van der Waals surface area contributed by atoms with Gasteiger partial charge in [0.15, 0.2) is 11.4 Å². The number of aromatic nitrogens is 2. The second-order valence-electron chi connectivity index (χ2n) is 5.36. The summed E-state index contributed by atoms with van der Waals surface area (Å²) in [5.41, 5.74) is -2.95. The van der Waals surface area contributed by atoms with Gasteiger partial charge in [-0.25, -0.2) is 9.48 Å². The van der Waals surface area contributed by atoms with E-state index >= 15 is 0 Å². The van der Waals surface area contributed by atoms with Crippen LogP contribution in [0.15, 0.2) is 69.6 Å². The maximum Gasteiger partial charge on any atom is 0.435 e. The zero-order chi connectivity index (χ0) is 19.6. The third-order valence-corrected chi connectivity index (χ3v) is 3.54. The van der Waals surface area contributed by atoms with Crippen molar-refractivity contribution in [2.24, 2.45) is 10.2 Å². The highest BCUT2D eigenvalue weighted by molar-refractivity contribution is 5.87. The number of aromatic carboxylic acids is 1. The lowest BCUT2D eigenvalue weighted by atomic mass is 10.2. The third kappa shape index (κ3) is 3.78. The summed E-state index contributed by atoms with van der Waals surface area (Å²) >= 11 is 0. The molecule has 0 bridgehead atoms. The van der Waals surface area contributed by atoms with E-state index in [-0.39, 0.29) is 16.9 Å². The number of alkyl halides is 3. The minimum atomic E-state index is -4.85. The topological polar surface area (TPSA) is 99.8 Å². The number of nitrogens with zero attached hydrogens (tertiary/aromatic N) is 3. The summed E-state index contributed by atoms with van der Waals surface area (Å²) in [6, 6.07) is 12.7. The molecule has 0 atom stereocenters. The number of para-hydroxylation sites is 1. The van der Waals surface area contributed by atoms with Crippen molar-refractivity contribution < 1.29 is 23.1 Å². The van der Waals surface area contributed by atoms with Gasteiger partial charge in [-0.2, -0.15) is 18.3 Å². The molecule has 0 aliphatic heterocycles. The molecule has 0 unspecified atom stereocenters. The molecule has 7 nitrogen and oxygen atoms in total. The van der Waals surface area contributed by atoms with E-state index in [2.05, 4.69) is 10.2 Å². The van der Waals surface area contributed by atoms with Crippen molar-refractivity contribution in [2.45, 2.75) is 6.18 Å². The Hall–Kier alpha value is -3.69. The highest BCUT2D eigenvalue weighted by Crippen LogP contribution is 2.34. The van der Waals surface area contributed by atoms with Crippen LogP contribution in [0.1, 0.15) is 16.1 Å². The molecule has 1 heterocycles. The van der Waals surface area contributed by atoms with Crippen LogP contribution < -0.4 is 5.56 Å². The van der Waals surface area contributed by atoms with Crippen LogP contribution in [0, 0.1) is 0 Å². The molecule has 0 amide bonds. The zero-order valence-corrected chi connectivity index (χ0v) is 13.4. The molecule has 0 spiro atoms. The number of carbonyl (C=O) groups is 1. The van der Waals surface area contributed by atoms with Crippen LogP contribution in [-0.2, 0) is 6.18 Å². The zero-order valence-electron chi connectivity index (χ0n) is 13.4. The molecule has 2 aromatic carbocycles. The first-order valence-electron chi connectivity index (χ1n) is 7.50. The number of carboxylic acid groups (broad SMARTS) is 1. The van der Waals surface area contributed by atoms with Crippen LogP contribution in [0.25, 0.3) is 5.69 Å². The highest BCUT2D eigenvalue weighted by atomic mass is 19.4. The molecule has 0 saturated carbocycles. The number of H-pyrrole nitrogens is 1. The Morgan fingerprint density at radius 1 is 1.00 bits per heavy atom. The van der Waals surface area contributed by atoms with Gasteiger partial charge in [-0.1, -0.05) is 18.2 Å². The number of carboxylic acids is 1. The summed E-state index contributed by atoms with van der Waals surface area (Å²) in [5, 5.41) is 17.9. The van der Waals surface area contributed by atoms with E-state index in [1.54, 1.807) is 18.2 Å². The van der Waals surface area contributed by atoms with Crippen molar-refractivity contribution in [2.75, 3.05) is 0 Å². The fourth-order valence-electron chi connectivity index (χ4n) is 2.26. The van der Waals surface area contributed by atoms with Crippen LogP contribution in [0.3, 0.4) is 0 Å². The third-order valence-electron chi connectivity index (χ3n) is 3.54. The molecule has 0 aliphatic carbocycles. The maximum absolute atomic E-state index is 13.3. The summed E-state index contributed by atoms with van der Waals surface area (Å²) in [7, 11) is 0. The highest BCUT2D eigenvalue weighted by Gasteiger charge is 2.38. The van der Waals surface area contributed by atoms with E-state index in [9.17, 15) is 22.8 Å². The molecule has 10 heteroatoms. The van der Waals surface area contributed by atoms with Crippen LogP contribution in [0.4, 0.5) is 24.5 Å². The van der Waals surface area contributed by atoms with Gasteiger partial charge >= 0.3 is 12.1 Å². The van der Waals surface area contributed by atoms with Crippen LogP contribution in [-0.4, -0.2) is 20.9 Å². The standard InChI is InChI=1S/C17H11F3N4O3/c18-17(19,20)14-13(15(25)24(23-14)12-4-2-1-3-5-12)22-21-11-8-6-10(7-9-11)16(26)27/h1-9,23H,(H,26,27). The molecule has 0 saturated heterocycles. The molecule has 138 valence electrons. The molecule has 3 aromatic rings. The van der Waals surface area contributed by atoms with E-state index in [0.29, 0.717) is 0 Å². The quantitative estimate of drug-likeness (QED) is 0.664. The van der Waals surface area contributed by atoms with E-state index < -0.39 is 29.1 Å². The smallest absolute Gasteiger partial charge is 0.435 e. The lowest BCUT2D eigenvalue weighted by Gasteiger charge is -2.04. The Morgan fingerprint density at radius 2 is 1.63 bits per heavy atom. The van der Waals surface area contributed by atoms with Gasteiger partial charge in [-0.3, -0.25) is 9.89 Å². The van der Waals surface area contributed by atoms with Crippen molar-refractivity contribution in [1.82, 2.24) is 9.78 Å². The number of hydrogen-bond acceptors (Lipinski definition) is 4. The van der Waals surface area contributed by atoms with E-state index in [1.807, 2.05) is 5.10 Å². The van der Waals surface area contributed by atoms with Crippen LogP contribution >= 0.6 is 0 Å². The van der Waals surface area contributed by atoms with Gasteiger partial charge in [0.25, 0.3) is 5.56 Å². The summed E-state index contributed by atoms with van der Waals surface area (Å²) in [5.74, 6) is -1.16. The minimum Gasteiger partial charge on any atom is -0.478 e. The lowest BCUT2D eigenvalue weighted by molar-refractivity contribution is -0.140. The molecule has 2 N–H and O–H groups in total. The molecule has 0 aliphatic rings. The van der Waals surface area contributed by atoms with Gasteiger partial charge in [0, 0.05) is 0 Å². The number of nitrogens with one attached hydrogen (secondary N) is 1. The molecular weight excluding hydrogens is 365 g/mol. The fraction of sp³-hybridized carbons (Fsp3) is 0.0588. The number of hydrogen-bond donors (Lipinski definition) is 2. The minimum absolute atomic E-state index is 0.0157. The fourth-order valence-corrected chi connectivity index (χ4v) is 2.26. The predicted octanol–water partition coefficient (Wildman–Crippen LogP) is 4.30. The van der Waals surface area contributed by atoms with Gasteiger partial charge < -0.3 is 5.11 Å². The molecule has 1 aromatic heterocycles. The monoisotopic (exact) mass is 376 g/mol. The van der Waals surface area contributed by atoms with E-state index in [4.69, 9.17) is 5.11 Å². The van der Waals surface area contributed by atoms with Crippen molar-refractivity contribution in [1.29, 1.82) is 0 Å². The Kier molecular flexibility index (Phi) is 4.63. The average molecular weight is 376 g/mol. The van der Waals surface area contributed by atoms with Crippen molar-refractivity contribution in [3.63, 3.8) is 0 Å². The number of azo groups is 1. The van der Waals surface area contributed by atoms with E-state index in [0.717, 1.165) is 4.68 Å². The molecule has 0 fully saturated rings. The summed E-state index contributed by atoms with van der Waals surface area (Å²) in [6.45, 7) is 0. The first-order valence-corrected chi connectivity index (χ1v) is 7.50. The average Bonchev–Trinajstić information content (AvgIpc) is 2.98. The van der Waals surface area contributed by atoms with Gasteiger partial charge in [0.2, 0.25) is 0 Å². The Labute approximate surface area is 149 Å². The second-order valence-corrected chi connectivity index (χ2v) is 5.36. The van der Waals surface area contributed by atoms with Gasteiger partial charge in [0.05, 0.1) is 16.9 Å². The van der Waals surface area contributed by atoms with Gasteiger partial charge in [0.1, 0.15) is 0 Å². The number of benzene rings is 2. The Bertz CT molecular complexity index is 1050. The van der Waals surface area contributed by atoms with Gasteiger partial charge in [-0.05, 0) is 36.4 Å². The van der Waals surface area contributed by atoms with Gasteiger partial charge in [-0.15, -0.1) is 5.11 Å². The Balaban J connectivity index is 2.05. The summed E-state index contributed by atoms with van der Waals surface area (Å²) in [4.78, 5) is 23.2. The van der Waals surface area contributed by atoms with Crippen molar-refractivity contribution >= 4 is 17.3 Å². The van der Waals surface area contributed by atoms with E-state index in [1.165, 1.54) is 36.4 Å². The molecule has 3 rings (SSSR count). The molecule has 27 heavy (non-hydrogen) atoms. The van der Waals surface area contributed by atoms with Crippen LogP contribution in [0.2, 0.25) is 0 Å². The lowest BCUT2D eigenvalue weighted by Crippen LogP contribution is -2.13. The number of aromatic amines is 1. The molecular formula is C17H11F3N4O3. The van der Waals surface area contributed by atoms with Crippen molar-refractivity contribution in [3.8, 4) is 5.69 Å². The normalized spacial score (nSPS) is 11.8. The summed E-state index contributed by atoms with van der Waals surface area (Å²) < 4.78 is 40.6. The largest absolute Gasteiger partial charge is 0.478 e. The Morgan fingerprint density at radius 3 is 2.19 bits per heavy atom. The SMILES string of the molecule is O=C(O)c1ccc(N=Nc2c(C(F)(F)F)[nH]n(-c3ccccc3)c2=O)cc1. The van der Waals surface area contributed by atoms with Crippen molar-refractivity contribution in [3.05, 3.63) is 76.2 Å². The number of halogens is 3. The molecule has 0 radical (unpaired) electrons. The van der Waals surface area contributed by atoms with Crippen LogP contribution in [0.5, 0.6) is 0 Å². The number of rotatable bonds is 4. The first kappa shape index (κ1) is 18.1. The predicted molar refractivity (Wildman–Crippen MR) is 89.0 cm³/mol. The second kappa shape index (κ2) is 6.90. The maximum atomic E-state index is 13.3. The first-order chi connectivity index (χ1) is 12.8. The summed E-state index contributed by atoms with van der Waals surface area (Å²) in [6.07, 6.45) is -4.85.